The summed E-state index contributed by atoms with van der Waals surface area (Å²) in [6.45, 7) is 9.05. The van der Waals surface area contributed by atoms with Gasteiger partial charge in [0.1, 0.15) is 0 Å². The van der Waals surface area contributed by atoms with E-state index in [0.717, 1.165) is 0 Å². The van der Waals surface area contributed by atoms with E-state index in [4.69, 9.17) is 19.8 Å². The van der Waals surface area contributed by atoms with Crippen LogP contribution in [0.3, 0.4) is 0 Å². The van der Waals surface area contributed by atoms with E-state index in [0.29, 0.717) is 18.6 Å². The number of allylic oxidation sites excluding steroid dienone is 1. The van der Waals surface area contributed by atoms with E-state index in [1.54, 1.807) is 13.3 Å². The summed E-state index contributed by atoms with van der Waals surface area (Å²) in [7, 11) is 1.10. The first-order chi connectivity index (χ1) is 8.34. The summed E-state index contributed by atoms with van der Waals surface area (Å²) in [4.78, 5) is 4.17. The van der Waals surface area contributed by atoms with E-state index in [1.807, 2.05) is 27.7 Å². The largest absolute Gasteiger partial charge is 0.705 e. The minimum atomic E-state index is -0.529. The molecule has 1 rings (SSSR count). The molecule has 0 saturated carbocycles. The first-order valence-corrected chi connectivity index (χ1v) is 6.06. The zero-order valence-corrected chi connectivity index (χ0v) is 11.8. The Labute approximate surface area is 110 Å². The van der Waals surface area contributed by atoms with Gasteiger partial charge < -0.3 is 19.8 Å². The van der Waals surface area contributed by atoms with Crippen LogP contribution in [0.15, 0.2) is 16.7 Å². The van der Waals surface area contributed by atoms with Gasteiger partial charge in [-0.1, -0.05) is 0 Å². The average molecular weight is 253 g/mol. The van der Waals surface area contributed by atoms with Crippen LogP contribution in [0.5, 0.6) is 0 Å². The van der Waals surface area contributed by atoms with Crippen molar-refractivity contribution in [1.29, 1.82) is 0 Å². The Balaban J connectivity index is 2.67. The molecular formula is C12H22BN2O3-. The van der Waals surface area contributed by atoms with Gasteiger partial charge in [-0.05, 0) is 33.2 Å². The standard InChI is InChI=1S/C12H22BN2O3/c1-11(2)12(3,4)18-13(17-11)10(8-14)9-15-6-7-16-5/h8-9,14H,6-7H2,1-5H3/q-1/b10-8+,15-9?. The Morgan fingerprint density at radius 2 is 1.83 bits per heavy atom. The smallest absolute Gasteiger partial charge is 0.494 e. The summed E-state index contributed by atoms with van der Waals surface area (Å²) < 4.78 is 16.6. The zero-order chi connectivity index (χ0) is 13.8. The molecule has 0 atom stereocenters. The molecule has 0 amide bonds. The molecule has 0 aliphatic carbocycles. The van der Waals surface area contributed by atoms with Crippen molar-refractivity contribution in [1.82, 2.24) is 0 Å². The van der Waals surface area contributed by atoms with Crippen LogP contribution < -0.4 is 0 Å². The molecular weight excluding hydrogens is 231 g/mol. The van der Waals surface area contributed by atoms with Crippen LogP contribution in [0.2, 0.25) is 0 Å². The normalized spacial score (nSPS) is 22.9. The summed E-state index contributed by atoms with van der Waals surface area (Å²) in [5, 5.41) is 0. The number of methoxy groups -OCH3 is 1. The van der Waals surface area contributed by atoms with E-state index < -0.39 is 18.3 Å². The molecule has 0 radical (unpaired) electrons. The average Bonchev–Trinajstić information content (AvgIpc) is 2.48. The third-order valence-electron chi connectivity index (χ3n) is 3.36. The van der Waals surface area contributed by atoms with Gasteiger partial charge in [-0.15, -0.1) is 0 Å². The zero-order valence-electron chi connectivity index (χ0n) is 11.8. The van der Waals surface area contributed by atoms with Crippen molar-refractivity contribution >= 4 is 13.3 Å². The molecule has 1 heterocycles. The summed E-state index contributed by atoms with van der Waals surface area (Å²) in [6.07, 6.45) is 2.84. The van der Waals surface area contributed by atoms with Gasteiger partial charge in [0, 0.05) is 13.3 Å². The maximum atomic E-state index is 7.42. The highest BCUT2D eigenvalue weighted by molar-refractivity contribution is 6.60. The van der Waals surface area contributed by atoms with Crippen molar-refractivity contribution in [3.05, 3.63) is 17.4 Å². The van der Waals surface area contributed by atoms with Crippen LogP contribution in [0.25, 0.3) is 5.73 Å². The monoisotopic (exact) mass is 253 g/mol. The number of hydrogen-bond acceptors (Lipinski definition) is 4. The van der Waals surface area contributed by atoms with Crippen LogP contribution >= 0.6 is 0 Å². The number of ether oxygens (including phenoxy) is 1. The maximum absolute atomic E-state index is 7.42. The predicted molar refractivity (Wildman–Crippen MR) is 73.7 cm³/mol. The minimum Gasteiger partial charge on any atom is -0.705 e. The fourth-order valence-corrected chi connectivity index (χ4v) is 1.46. The summed E-state index contributed by atoms with van der Waals surface area (Å²) in [5.74, 6) is 0. The molecule has 0 aromatic heterocycles. The molecule has 18 heavy (non-hydrogen) atoms. The molecule has 6 heteroatoms. The van der Waals surface area contributed by atoms with Crippen molar-refractivity contribution in [3.8, 4) is 0 Å². The van der Waals surface area contributed by atoms with Crippen LogP contribution in [-0.2, 0) is 14.0 Å². The molecule has 0 aromatic carbocycles. The molecule has 102 valence electrons. The first-order valence-electron chi connectivity index (χ1n) is 6.06. The van der Waals surface area contributed by atoms with Crippen LogP contribution in [0.1, 0.15) is 27.7 Å². The lowest BCUT2D eigenvalue weighted by molar-refractivity contribution is 0.00578. The SMILES string of the molecule is COCCN=C/C(=C\[NH-])B1OC(C)(C)C(C)(C)O1. The van der Waals surface area contributed by atoms with Gasteiger partial charge in [0.15, 0.2) is 0 Å². The maximum Gasteiger partial charge on any atom is 0.494 e. The van der Waals surface area contributed by atoms with Crippen molar-refractivity contribution in [3.63, 3.8) is 0 Å². The minimum absolute atomic E-state index is 0.397. The van der Waals surface area contributed by atoms with E-state index in [2.05, 4.69) is 4.99 Å². The second-order valence-corrected chi connectivity index (χ2v) is 5.26. The van der Waals surface area contributed by atoms with Gasteiger partial charge in [-0.3, -0.25) is 4.99 Å². The third kappa shape index (κ3) is 3.34. The van der Waals surface area contributed by atoms with Crippen LogP contribution in [-0.4, -0.2) is 44.8 Å². The molecule has 1 saturated heterocycles. The lowest BCUT2D eigenvalue weighted by Crippen LogP contribution is -2.41. The van der Waals surface area contributed by atoms with E-state index in [1.165, 1.54) is 6.20 Å². The van der Waals surface area contributed by atoms with Crippen LogP contribution in [0.4, 0.5) is 0 Å². The van der Waals surface area contributed by atoms with E-state index in [-0.39, 0.29) is 0 Å². The fraction of sp³-hybridized carbons (Fsp3) is 0.750. The number of aliphatic imine (C=N–C) groups is 1. The molecule has 0 bridgehead atoms. The predicted octanol–water partition coefficient (Wildman–Crippen LogP) is 2.27. The third-order valence-corrected chi connectivity index (χ3v) is 3.36. The van der Waals surface area contributed by atoms with Crippen LogP contribution in [0, 0.1) is 0 Å². The first kappa shape index (κ1) is 15.2. The van der Waals surface area contributed by atoms with Gasteiger partial charge in [0.05, 0.1) is 24.4 Å². The van der Waals surface area contributed by atoms with Gasteiger partial charge in [0.25, 0.3) is 0 Å². The summed E-state index contributed by atoms with van der Waals surface area (Å²) in [6, 6.07) is 0. The lowest BCUT2D eigenvalue weighted by Gasteiger charge is -2.32. The Morgan fingerprint density at radius 3 is 2.28 bits per heavy atom. The Hall–Kier alpha value is -0.845. The highest BCUT2D eigenvalue weighted by Crippen LogP contribution is 2.38. The van der Waals surface area contributed by atoms with Gasteiger partial charge in [0.2, 0.25) is 0 Å². The van der Waals surface area contributed by atoms with Gasteiger partial charge in [-0.2, -0.15) is 6.20 Å². The molecule has 1 N–H and O–H groups in total. The number of rotatable bonds is 5. The second-order valence-electron chi connectivity index (χ2n) is 5.26. The molecule has 1 fully saturated rings. The van der Waals surface area contributed by atoms with E-state index >= 15 is 0 Å². The Kier molecular flexibility index (Phi) is 4.96. The lowest BCUT2D eigenvalue weighted by atomic mass is 9.79. The van der Waals surface area contributed by atoms with Crippen molar-refractivity contribution in [2.45, 2.75) is 38.9 Å². The van der Waals surface area contributed by atoms with Crippen molar-refractivity contribution < 1.29 is 14.0 Å². The van der Waals surface area contributed by atoms with Crippen molar-refractivity contribution in [2.75, 3.05) is 20.3 Å². The van der Waals surface area contributed by atoms with Gasteiger partial charge in [-0.25, -0.2) is 0 Å². The van der Waals surface area contributed by atoms with Crippen molar-refractivity contribution in [2.24, 2.45) is 4.99 Å². The molecule has 0 aromatic rings. The summed E-state index contributed by atoms with van der Waals surface area (Å²) in [5.41, 5.74) is 7.24. The highest BCUT2D eigenvalue weighted by atomic mass is 16.7. The quantitative estimate of drug-likeness (QED) is 0.429. The second kappa shape index (κ2) is 5.86. The molecule has 5 nitrogen and oxygen atoms in total. The molecule has 0 unspecified atom stereocenters. The topological polar surface area (TPSA) is 63.9 Å². The molecule has 1 aliphatic heterocycles. The summed E-state index contributed by atoms with van der Waals surface area (Å²) >= 11 is 0. The van der Waals surface area contributed by atoms with Gasteiger partial charge >= 0.3 is 7.12 Å². The molecule has 0 spiro atoms. The fourth-order valence-electron chi connectivity index (χ4n) is 1.46. The number of hydrogen-bond donors (Lipinski definition) is 0. The highest BCUT2D eigenvalue weighted by Gasteiger charge is 2.51. The number of nitrogens with one attached hydrogen (secondary N) is 1. The van der Waals surface area contributed by atoms with E-state index in [9.17, 15) is 0 Å². The Morgan fingerprint density at radius 1 is 1.28 bits per heavy atom. The Bertz CT molecular complexity index is 324. The molecule has 1 aliphatic rings. The number of nitrogens with zero attached hydrogens (tertiary/aromatic N) is 1.